The third-order valence-corrected chi connectivity index (χ3v) is 2.23. The van der Waals surface area contributed by atoms with Crippen LogP contribution in [0, 0.1) is 0 Å². The van der Waals surface area contributed by atoms with Crippen LogP contribution in [0.4, 0.5) is 4.79 Å². The van der Waals surface area contributed by atoms with E-state index in [1.54, 1.807) is 0 Å². The molecular weight excluding hydrogens is 208 g/mol. The van der Waals surface area contributed by atoms with Crippen LogP contribution in [0.2, 0.25) is 0 Å². The fourth-order valence-corrected chi connectivity index (χ4v) is 1.35. The number of hydrogen-bond donors (Lipinski definition) is 2. The molecule has 1 aromatic rings. The number of alkyl carbamates (subject to hydrolysis) is 1. The molecule has 0 radical (unpaired) electrons. The molecule has 0 bridgehead atoms. The zero-order valence-corrected chi connectivity index (χ0v) is 8.60. The Bertz CT molecular complexity index is 383. The molecule has 1 fully saturated rings. The first kappa shape index (κ1) is 10.5. The highest BCUT2D eigenvalue weighted by Crippen LogP contribution is 2.03. The fraction of sp³-hybridized carbons (Fsp3) is 0.273. The average molecular weight is 220 g/mol. The van der Waals surface area contributed by atoms with E-state index in [0.717, 1.165) is 5.56 Å². The van der Waals surface area contributed by atoms with Gasteiger partial charge in [-0.2, -0.15) is 0 Å². The summed E-state index contributed by atoms with van der Waals surface area (Å²) in [6.45, 7) is 0.230. The number of ether oxygens (including phenoxy) is 1. The summed E-state index contributed by atoms with van der Waals surface area (Å²) in [5, 5.41) is 5.04. The molecule has 0 aliphatic carbocycles. The summed E-state index contributed by atoms with van der Waals surface area (Å²) >= 11 is 0. The third kappa shape index (κ3) is 2.73. The molecule has 1 aliphatic rings. The average Bonchev–Trinajstić information content (AvgIpc) is 2.26. The first-order chi connectivity index (χ1) is 7.74. The molecule has 5 heteroatoms. The number of rotatable bonds is 3. The van der Waals surface area contributed by atoms with Crippen LogP contribution in [-0.4, -0.2) is 18.2 Å². The van der Waals surface area contributed by atoms with E-state index in [1.165, 1.54) is 0 Å². The van der Waals surface area contributed by atoms with E-state index in [0.29, 0.717) is 6.42 Å². The van der Waals surface area contributed by atoms with Crippen molar-refractivity contribution >= 4 is 12.0 Å². The van der Waals surface area contributed by atoms with Gasteiger partial charge < -0.3 is 15.4 Å². The van der Waals surface area contributed by atoms with Crippen LogP contribution >= 0.6 is 0 Å². The Kier molecular flexibility index (Phi) is 3.05. The zero-order valence-electron chi connectivity index (χ0n) is 8.60. The third-order valence-electron chi connectivity index (χ3n) is 2.23. The van der Waals surface area contributed by atoms with Gasteiger partial charge in [-0.3, -0.25) is 4.79 Å². The van der Waals surface area contributed by atoms with Crippen molar-refractivity contribution < 1.29 is 14.3 Å². The molecule has 1 aromatic carbocycles. The van der Waals surface area contributed by atoms with E-state index in [2.05, 4.69) is 10.6 Å². The Labute approximate surface area is 92.8 Å². The van der Waals surface area contributed by atoms with Gasteiger partial charge in [-0.15, -0.1) is 0 Å². The van der Waals surface area contributed by atoms with Crippen LogP contribution in [0.3, 0.4) is 0 Å². The summed E-state index contributed by atoms with van der Waals surface area (Å²) in [5.74, 6) is -0.0617. The molecule has 2 amide bonds. The van der Waals surface area contributed by atoms with Gasteiger partial charge in [0.05, 0.1) is 6.42 Å². The van der Waals surface area contributed by atoms with Crippen LogP contribution < -0.4 is 10.6 Å². The first-order valence-corrected chi connectivity index (χ1v) is 5.00. The SMILES string of the molecule is O=C1CC(NC(=O)OCc2ccccc2)N1. The summed E-state index contributed by atoms with van der Waals surface area (Å²) in [6, 6.07) is 9.40. The molecule has 1 heterocycles. The molecule has 5 nitrogen and oxygen atoms in total. The summed E-state index contributed by atoms with van der Waals surface area (Å²) in [6.07, 6.45) is -0.481. The lowest BCUT2D eigenvalue weighted by atomic mass is 10.2. The Balaban J connectivity index is 1.70. The van der Waals surface area contributed by atoms with Crippen molar-refractivity contribution in [3.63, 3.8) is 0 Å². The number of β-lactam (4-membered cyclic amide) rings is 1. The number of carbonyl (C=O) groups excluding carboxylic acids is 2. The number of amides is 2. The van der Waals surface area contributed by atoms with Gasteiger partial charge in [-0.05, 0) is 5.56 Å². The molecule has 0 aromatic heterocycles. The summed E-state index contributed by atoms with van der Waals surface area (Å²) in [7, 11) is 0. The largest absolute Gasteiger partial charge is 0.445 e. The predicted molar refractivity (Wildman–Crippen MR) is 56.3 cm³/mol. The van der Waals surface area contributed by atoms with Crippen LogP contribution in [0.25, 0.3) is 0 Å². The van der Waals surface area contributed by atoms with E-state index in [4.69, 9.17) is 4.74 Å². The van der Waals surface area contributed by atoms with Gasteiger partial charge in [0, 0.05) is 0 Å². The van der Waals surface area contributed by atoms with Gasteiger partial charge >= 0.3 is 6.09 Å². The molecule has 16 heavy (non-hydrogen) atoms. The topological polar surface area (TPSA) is 67.4 Å². The summed E-state index contributed by atoms with van der Waals surface area (Å²) < 4.78 is 4.97. The van der Waals surface area contributed by atoms with Crippen molar-refractivity contribution in [3.8, 4) is 0 Å². The van der Waals surface area contributed by atoms with Gasteiger partial charge in [0.1, 0.15) is 12.8 Å². The van der Waals surface area contributed by atoms with Gasteiger partial charge in [0.15, 0.2) is 0 Å². The van der Waals surface area contributed by atoms with Crippen LogP contribution in [0.5, 0.6) is 0 Å². The molecule has 2 N–H and O–H groups in total. The highest BCUT2D eigenvalue weighted by Gasteiger charge is 2.26. The lowest BCUT2D eigenvalue weighted by Crippen LogP contribution is -2.58. The standard InChI is InChI=1S/C11H12N2O3/c14-10-6-9(12-10)13-11(15)16-7-8-4-2-1-3-5-8/h1-5,9H,6-7H2,(H,12,14)(H,13,15). The first-order valence-electron chi connectivity index (χ1n) is 5.00. The number of hydrogen-bond acceptors (Lipinski definition) is 3. The molecule has 0 spiro atoms. The molecule has 1 unspecified atom stereocenters. The Morgan fingerprint density at radius 3 is 2.75 bits per heavy atom. The van der Waals surface area contributed by atoms with Crippen molar-refractivity contribution in [3.05, 3.63) is 35.9 Å². The summed E-state index contributed by atoms with van der Waals surface area (Å²) in [5.41, 5.74) is 0.926. The quantitative estimate of drug-likeness (QED) is 0.739. The number of nitrogens with one attached hydrogen (secondary N) is 2. The zero-order chi connectivity index (χ0) is 11.4. The van der Waals surface area contributed by atoms with E-state index in [-0.39, 0.29) is 18.7 Å². The minimum absolute atomic E-state index is 0.0617. The molecule has 84 valence electrons. The smallest absolute Gasteiger partial charge is 0.409 e. The lowest BCUT2D eigenvalue weighted by Gasteiger charge is -2.27. The molecule has 1 atom stereocenters. The highest BCUT2D eigenvalue weighted by molar-refractivity contribution is 5.84. The van der Waals surface area contributed by atoms with Gasteiger partial charge in [-0.1, -0.05) is 30.3 Å². The Hall–Kier alpha value is -2.04. The van der Waals surface area contributed by atoms with E-state index in [1.807, 2.05) is 30.3 Å². The van der Waals surface area contributed by atoms with E-state index < -0.39 is 6.09 Å². The highest BCUT2D eigenvalue weighted by atomic mass is 16.5. The Morgan fingerprint density at radius 1 is 1.44 bits per heavy atom. The van der Waals surface area contributed by atoms with E-state index >= 15 is 0 Å². The van der Waals surface area contributed by atoms with Crippen LogP contribution in [0.1, 0.15) is 12.0 Å². The molecule has 1 saturated heterocycles. The molecule has 0 saturated carbocycles. The minimum atomic E-state index is -0.520. The van der Waals surface area contributed by atoms with Crippen molar-refractivity contribution in [2.75, 3.05) is 0 Å². The Morgan fingerprint density at radius 2 is 2.12 bits per heavy atom. The van der Waals surface area contributed by atoms with Gasteiger partial charge in [-0.25, -0.2) is 4.79 Å². The maximum atomic E-state index is 11.2. The maximum Gasteiger partial charge on any atom is 0.409 e. The predicted octanol–water partition coefficient (Wildman–Crippen LogP) is 0.759. The van der Waals surface area contributed by atoms with E-state index in [9.17, 15) is 9.59 Å². The molecule has 1 aliphatic heterocycles. The number of carbonyl (C=O) groups is 2. The van der Waals surface area contributed by atoms with Gasteiger partial charge in [0.25, 0.3) is 0 Å². The van der Waals surface area contributed by atoms with Gasteiger partial charge in [0.2, 0.25) is 5.91 Å². The summed E-state index contributed by atoms with van der Waals surface area (Å²) in [4.78, 5) is 21.8. The second-order valence-corrected chi connectivity index (χ2v) is 3.53. The normalized spacial score (nSPS) is 18.2. The van der Waals surface area contributed by atoms with Crippen molar-refractivity contribution in [2.24, 2.45) is 0 Å². The fourth-order valence-electron chi connectivity index (χ4n) is 1.35. The van der Waals surface area contributed by atoms with Crippen molar-refractivity contribution in [1.29, 1.82) is 0 Å². The van der Waals surface area contributed by atoms with Crippen molar-refractivity contribution in [2.45, 2.75) is 19.2 Å². The molecule has 2 rings (SSSR count). The number of benzene rings is 1. The lowest BCUT2D eigenvalue weighted by molar-refractivity contribution is -0.128. The van der Waals surface area contributed by atoms with Crippen LogP contribution in [-0.2, 0) is 16.1 Å². The van der Waals surface area contributed by atoms with Crippen LogP contribution in [0.15, 0.2) is 30.3 Å². The second-order valence-electron chi connectivity index (χ2n) is 3.53. The monoisotopic (exact) mass is 220 g/mol. The molecular formula is C11H12N2O3. The maximum absolute atomic E-state index is 11.2. The van der Waals surface area contributed by atoms with Crippen molar-refractivity contribution in [1.82, 2.24) is 10.6 Å². The second kappa shape index (κ2) is 4.65. The minimum Gasteiger partial charge on any atom is -0.445 e.